The van der Waals surface area contributed by atoms with Gasteiger partial charge in [-0.1, -0.05) is 13.3 Å². The van der Waals surface area contributed by atoms with Crippen molar-refractivity contribution in [2.45, 2.75) is 19.8 Å². The summed E-state index contributed by atoms with van der Waals surface area (Å²) in [6, 6.07) is 0. The number of unbranched alkanes of at least 4 members (excludes halogenated alkanes) is 1. The molecule has 28 heavy (non-hydrogen) atoms. The van der Waals surface area contributed by atoms with Crippen molar-refractivity contribution in [3.8, 4) is 0 Å². The van der Waals surface area contributed by atoms with Gasteiger partial charge in [-0.3, -0.25) is 30.0 Å². The third kappa shape index (κ3) is 11.9. The molecule has 0 radical (unpaired) electrons. The van der Waals surface area contributed by atoms with Crippen LogP contribution in [0.1, 0.15) is 19.8 Å². The lowest BCUT2D eigenvalue weighted by Crippen LogP contribution is -2.48. The van der Waals surface area contributed by atoms with Crippen LogP contribution in [0.4, 0.5) is 0 Å². The van der Waals surface area contributed by atoms with Gasteiger partial charge >= 0.3 is 5.97 Å². The van der Waals surface area contributed by atoms with Crippen LogP contribution in [-0.2, 0) is 14.6 Å². The molecule has 0 aromatic carbocycles. The Balaban J connectivity index is 2.77. The first-order valence-electron chi connectivity index (χ1n) is 10.2. The van der Waals surface area contributed by atoms with E-state index < -0.39 is 5.97 Å². The third-order valence-corrected chi connectivity index (χ3v) is 5.11. The van der Waals surface area contributed by atoms with Crippen molar-refractivity contribution in [1.29, 1.82) is 0 Å². The minimum absolute atomic E-state index is 0.0337. The molecule has 10 heteroatoms. The predicted molar refractivity (Wildman–Crippen MR) is 105 cm³/mol. The highest BCUT2D eigenvalue weighted by Crippen LogP contribution is 2.02. The van der Waals surface area contributed by atoms with Gasteiger partial charge < -0.3 is 10.0 Å². The SMILES string of the molecule is CCCCN1CCN(CCOO)CCN(CCOO)CCN(CC(=O)O)CC1. The van der Waals surface area contributed by atoms with Crippen LogP contribution in [0, 0.1) is 0 Å². The molecule has 0 spiro atoms. The van der Waals surface area contributed by atoms with E-state index in [1.54, 1.807) is 0 Å². The number of carboxylic acid groups (broad SMARTS) is 1. The highest BCUT2D eigenvalue weighted by molar-refractivity contribution is 5.69. The molecule has 0 aromatic rings. The Morgan fingerprint density at radius 2 is 1.14 bits per heavy atom. The van der Waals surface area contributed by atoms with Crippen molar-refractivity contribution in [1.82, 2.24) is 19.6 Å². The molecular formula is C18H38N4O6. The zero-order valence-corrected chi connectivity index (χ0v) is 17.2. The quantitative estimate of drug-likeness (QED) is 0.322. The number of hydrogen-bond donors (Lipinski definition) is 3. The summed E-state index contributed by atoms with van der Waals surface area (Å²) in [6.07, 6.45) is 2.24. The number of aliphatic carboxylic acids is 1. The summed E-state index contributed by atoms with van der Waals surface area (Å²) >= 11 is 0. The fourth-order valence-electron chi connectivity index (χ4n) is 3.32. The minimum atomic E-state index is -0.812. The van der Waals surface area contributed by atoms with Crippen molar-refractivity contribution in [3.63, 3.8) is 0 Å². The van der Waals surface area contributed by atoms with Crippen LogP contribution >= 0.6 is 0 Å². The molecule has 3 N–H and O–H groups in total. The predicted octanol–water partition coefficient (Wildman–Crippen LogP) is 0.0719. The van der Waals surface area contributed by atoms with Crippen molar-refractivity contribution in [2.24, 2.45) is 0 Å². The lowest BCUT2D eigenvalue weighted by molar-refractivity contribution is -0.245. The molecule has 1 heterocycles. The van der Waals surface area contributed by atoms with Crippen LogP contribution in [0.2, 0.25) is 0 Å². The molecule has 0 aliphatic carbocycles. The zero-order valence-electron chi connectivity index (χ0n) is 17.2. The average molecular weight is 407 g/mol. The fraction of sp³-hybridized carbons (Fsp3) is 0.944. The summed E-state index contributed by atoms with van der Waals surface area (Å²) in [4.78, 5) is 28.5. The molecular weight excluding hydrogens is 368 g/mol. The van der Waals surface area contributed by atoms with Gasteiger partial charge in [0.15, 0.2) is 0 Å². The summed E-state index contributed by atoms with van der Waals surface area (Å²) in [6.45, 7) is 11.1. The van der Waals surface area contributed by atoms with Crippen LogP contribution in [0.3, 0.4) is 0 Å². The largest absolute Gasteiger partial charge is 0.480 e. The number of carboxylic acids is 1. The summed E-state index contributed by atoms with van der Waals surface area (Å²) < 4.78 is 0. The van der Waals surface area contributed by atoms with E-state index >= 15 is 0 Å². The van der Waals surface area contributed by atoms with E-state index in [1.165, 1.54) is 0 Å². The van der Waals surface area contributed by atoms with Gasteiger partial charge in [0.25, 0.3) is 0 Å². The summed E-state index contributed by atoms with van der Waals surface area (Å²) in [5, 5.41) is 26.6. The second-order valence-electron chi connectivity index (χ2n) is 7.21. The van der Waals surface area contributed by atoms with Gasteiger partial charge in [0.2, 0.25) is 0 Å². The van der Waals surface area contributed by atoms with Crippen LogP contribution in [0.25, 0.3) is 0 Å². The molecule has 0 atom stereocenters. The molecule has 1 saturated heterocycles. The van der Waals surface area contributed by atoms with Gasteiger partial charge in [0.1, 0.15) is 0 Å². The molecule has 166 valence electrons. The molecule has 1 aliphatic heterocycles. The fourth-order valence-corrected chi connectivity index (χ4v) is 3.32. The Hall–Kier alpha value is -0.850. The van der Waals surface area contributed by atoms with Gasteiger partial charge in [0, 0.05) is 65.4 Å². The van der Waals surface area contributed by atoms with Crippen molar-refractivity contribution < 1.29 is 30.2 Å². The Morgan fingerprint density at radius 1 is 0.750 bits per heavy atom. The van der Waals surface area contributed by atoms with E-state index in [4.69, 9.17) is 10.5 Å². The molecule has 10 nitrogen and oxygen atoms in total. The Bertz CT molecular complexity index is 380. The van der Waals surface area contributed by atoms with Crippen LogP contribution in [0.15, 0.2) is 0 Å². The second kappa shape index (κ2) is 16.0. The smallest absolute Gasteiger partial charge is 0.317 e. The molecule has 0 bridgehead atoms. The summed E-state index contributed by atoms with van der Waals surface area (Å²) in [7, 11) is 0. The lowest BCUT2D eigenvalue weighted by Gasteiger charge is -2.33. The Kier molecular flexibility index (Phi) is 14.4. The number of carbonyl (C=O) groups is 1. The first-order chi connectivity index (χ1) is 13.6. The van der Waals surface area contributed by atoms with Gasteiger partial charge in [-0.25, -0.2) is 9.78 Å². The van der Waals surface area contributed by atoms with Crippen LogP contribution in [0.5, 0.6) is 0 Å². The molecule has 1 aliphatic rings. The van der Waals surface area contributed by atoms with E-state index in [0.29, 0.717) is 32.7 Å². The van der Waals surface area contributed by atoms with Crippen LogP contribution < -0.4 is 0 Å². The van der Waals surface area contributed by atoms with E-state index in [-0.39, 0.29) is 19.8 Å². The monoisotopic (exact) mass is 406 g/mol. The Labute approximate surface area is 168 Å². The van der Waals surface area contributed by atoms with E-state index in [2.05, 4.69) is 31.4 Å². The first-order valence-corrected chi connectivity index (χ1v) is 10.2. The number of hydrogen-bond acceptors (Lipinski definition) is 9. The molecule has 1 fully saturated rings. The van der Waals surface area contributed by atoms with Gasteiger partial charge in [-0.15, -0.1) is 0 Å². The maximum absolute atomic E-state index is 11.2. The minimum Gasteiger partial charge on any atom is -0.480 e. The van der Waals surface area contributed by atoms with E-state index in [0.717, 1.165) is 52.1 Å². The highest BCUT2D eigenvalue weighted by Gasteiger charge is 2.17. The average Bonchev–Trinajstić information content (AvgIpc) is 2.67. The summed E-state index contributed by atoms with van der Waals surface area (Å²) in [5.74, 6) is -0.812. The normalized spacial score (nSPS) is 20.0. The van der Waals surface area contributed by atoms with E-state index in [1.807, 2.05) is 4.90 Å². The van der Waals surface area contributed by atoms with Gasteiger partial charge in [-0.05, 0) is 13.0 Å². The Morgan fingerprint density at radius 3 is 1.50 bits per heavy atom. The number of rotatable bonds is 11. The van der Waals surface area contributed by atoms with Crippen LogP contribution in [-0.4, -0.2) is 133 Å². The topological polar surface area (TPSA) is 109 Å². The number of nitrogens with zero attached hydrogens (tertiary/aromatic N) is 4. The molecule has 0 amide bonds. The summed E-state index contributed by atoms with van der Waals surface area (Å²) in [5.41, 5.74) is 0. The molecule has 1 rings (SSSR count). The third-order valence-electron chi connectivity index (χ3n) is 5.11. The van der Waals surface area contributed by atoms with Gasteiger partial charge in [0.05, 0.1) is 19.8 Å². The maximum atomic E-state index is 11.2. The van der Waals surface area contributed by atoms with E-state index in [9.17, 15) is 9.90 Å². The molecule has 0 unspecified atom stereocenters. The first kappa shape index (κ1) is 25.2. The lowest BCUT2D eigenvalue weighted by atomic mass is 10.3. The van der Waals surface area contributed by atoms with Crippen molar-refractivity contribution in [3.05, 3.63) is 0 Å². The molecule has 0 aromatic heterocycles. The highest BCUT2D eigenvalue weighted by atomic mass is 17.1. The van der Waals surface area contributed by atoms with Crippen molar-refractivity contribution >= 4 is 5.97 Å². The van der Waals surface area contributed by atoms with Gasteiger partial charge in [-0.2, -0.15) is 0 Å². The second-order valence-corrected chi connectivity index (χ2v) is 7.21. The van der Waals surface area contributed by atoms with Crippen molar-refractivity contribution in [2.75, 3.05) is 91.8 Å². The maximum Gasteiger partial charge on any atom is 0.317 e. The molecule has 0 saturated carbocycles. The zero-order chi connectivity index (χ0) is 20.6. The standard InChI is InChI=1S/C18H38N4O6/c1-2-3-4-19-5-6-20(13-15-27-25)7-8-21(14-16-28-26)10-12-22(11-9-19)17-18(23)24/h25-26H,2-17H2,1H3,(H,23,24).